The molecule has 0 N–H and O–H groups in total. The van der Waals surface area contributed by atoms with Gasteiger partial charge in [-0.05, 0) is 25.0 Å². The molecule has 0 aromatic heterocycles. The fourth-order valence-electron chi connectivity index (χ4n) is 3.64. The van der Waals surface area contributed by atoms with Crippen molar-refractivity contribution in [2.75, 3.05) is 31.9 Å². The molecule has 8 heteroatoms. The Morgan fingerprint density at radius 2 is 1.92 bits per heavy atom. The summed E-state index contributed by atoms with van der Waals surface area (Å²) in [5, 5.41) is 0. The summed E-state index contributed by atoms with van der Waals surface area (Å²) in [6, 6.07) is 4.05. The second kappa shape index (κ2) is 6.51. The van der Waals surface area contributed by atoms with Crippen molar-refractivity contribution >= 4 is 12.1 Å². The van der Waals surface area contributed by atoms with E-state index in [9.17, 15) is 18.0 Å². The molecule has 2 atom stereocenters. The van der Waals surface area contributed by atoms with E-state index >= 15 is 0 Å². The lowest BCUT2D eigenvalue weighted by atomic mass is 10.1. The number of amides is 1. The number of fused-ring (bicyclic) bond motifs is 2. The Morgan fingerprint density at radius 3 is 2.46 bits per heavy atom. The highest BCUT2D eigenvalue weighted by Crippen LogP contribution is 2.45. The van der Waals surface area contributed by atoms with E-state index in [-0.39, 0.29) is 24.6 Å². The van der Waals surface area contributed by atoms with Crippen LogP contribution in [0.3, 0.4) is 0 Å². The van der Waals surface area contributed by atoms with E-state index in [0.717, 1.165) is 25.3 Å². The number of likely N-dealkylation sites (tertiary alicyclic amines) is 1. The second-order valence-electron chi connectivity index (χ2n) is 6.05. The van der Waals surface area contributed by atoms with E-state index in [2.05, 4.69) is 0 Å². The van der Waals surface area contributed by atoms with Gasteiger partial charge in [-0.3, -0.25) is 4.79 Å². The first kappa shape index (κ1) is 16.9. The molecule has 132 valence electrons. The number of carbonyl (C=O) groups excluding carboxylic acids is 1. The Bertz CT molecular complexity index is 595. The van der Waals surface area contributed by atoms with Gasteiger partial charge in [0.25, 0.3) is 0 Å². The summed E-state index contributed by atoms with van der Waals surface area (Å²) in [6.07, 6.45) is -2.02. The highest BCUT2D eigenvalue weighted by molar-refractivity contribution is 5.65. The van der Waals surface area contributed by atoms with Gasteiger partial charge >= 0.3 is 6.18 Å². The number of rotatable bonds is 5. The van der Waals surface area contributed by atoms with Crippen LogP contribution in [0.15, 0.2) is 18.2 Å². The third kappa shape index (κ3) is 3.02. The zero-order chi connectivity index (χ0) is 17.3. The number of hydrogen-bond acceptors (Lipinski definition) is 4. The van der Waals surface area contributed by atoms with Crippen LogP contribution in [0.5, 0.6) is 5.75 Å². The maximum Gasteiger partial charge on any atom is 0.420 e. The molecule has 3 rings (SSSR count). The van der Waals surface area contributed by atoms with Gasteiger partial charge in [0, 0.05) is 32.3 Å². The van der Waals surface area contributed by atoms with Gasteiger partial charge in [-0.25, -0.2) is 0 Å². The number of ether oxygens (including phenoxy) is 2. The van der Waals surface area contributed by atoms with Crippen molar-refractivity contribution in [1.82, 2.24) is 4.90 Å². The molecule has 1 aromatic rings. The summed E-state index contributed by atoms with van der Waals surface area (Å²) in [6.45, 7) is 0.768. The maximum absolute atomic E-state index is 13.4. The summed E-state index contributed by atoms with van der Waals surface area (Å²) >= 11 is 0. The van der Waals surface area contributed by atoms with Crippen molar-refractivity contribution < 1.29 is 27.4 Å². The molecule has 24 heavy (non-hydrogen) atoms. The summed E-state index contributed by atoms with van der Waals surface area (Å²) in [4.78, 5) is 14.7. The zero-order valence-corrected chi connectivity index (χ0v) is 13.3. The molecule has 2 bridgehead atoms. The average molecular weight is 344 g/mol. The fraction of sp³-hybridized carbons (Fsp3) is 0.562. The van der Waals surface area contributed by atoms with E-state index in [1.807, 2.05) is 4.90 Å². The van der Waals surface area contributed by atoms with Crippen LogP contribution in [-0.4, -0.2) is 50.4 Å². The zero-order valence-electron chi connectivity index (χ0n) is 13.3. The van der Waals surface area contributed by atoms with Crippen LogP contribution in [0.1, 0.15) is 18.4 Å². The second-order valence-corrected chi connectivity index (χ2v) is 6.05. The SMILES string of the molecule is COCOc1c(N2C3CCC2CN(C=O)C3)cccc1C(F)(F)F. The number of benzene rings is 1. The van der Waals surface area contributed by atoms with E-state index in [1.165, 1.54) is 13.2 Å². The molecule has 2 aliphatic rings. The highest BCUT2D eigenvalue weighted by Gasteiger charge is 2.43. The Labute approximate surface area is 137 Å². The molecule has 0 aliphatic carbocycles. The molecule has 2 fully saturated rings. The first-order chi connectivity index (χ1) is 11.5. The van der Waals surface area contributed by atoms with E-state index in [0.29, 0.717) is 18.8 Å². The van der Waals surface area contributed by atoms with Crippen LogP contribution in [0, 0.1) is 0 Å². The minimum atomic E-state index is -4.51. The van der Waals surface area contributed by atoms with Crippen molar-refractivity contribution in [2.24, 2.45) is 0 Å². The molecule has 2 unspecified atom stereocenters. The van der Waals surface area contributed by atoms with E-state index in [1.54, 1.807) is 11.0 Å². The quantitative estimate of drug-likeness (QED) is 0.608. The van der Waals surface area contributed by atoms with Crippen molar-refractivity contribution in [2.45, 2.75) is 31.1 Å². The van der Waals surface area contributed by atoms with Gasteiger partial charge in [0.2, 0.25) is 6.41 Å². The van der Waals surface area contributed by atoms with Crippen LogP contribution in [0.4, 0.5) is 18.9 Å². The Morgan fingerprint density at radius 1 is 1.25 bits per heavy atom. The molecule has 0 saturated carbocycles. The summed E-state index contributed by atoms with van der Waals surface area (Å²) < 4.78 is 50.2. The number of hydrogen-bond donors (Lipinski definition) is 0. The molecular weight excluding hydrogens is 325 g/mol. The minimum absolute atomic E-state index is 0.00216. The molecule has 1 amide bonds. The lowest BCUT2D eigenvalue weighted by molar-refractivity contribution is -0.139. The number of anilines is 1. The summed E-state index contributed by atoms with van der Waals surface area (Å²) in [5.74, 6) is -0.205. The molecule has 2 aliphatic heterocycles. The Kier molecular flexibility index (Phi) is 4.58. The molecular formula is C16H19F3N2O3. The Balaban J connectivity index is 2.00. The third-order valence-electron chi connectivity index (χ3n) is 4.56. The molecule has 2 saturated heterocycles. The van der Waals surface area contributed by atoms with Gasteiger partial charge in [-0.15, -0.1) is 0 Å². The number of halogens is 3. The lowest BCUT2D eigenvalue weighted by Gasteiger charge is -2.41. The minimum Gasteiger partial charge on any atom is -0.465 e. The Hall–Kier alpha value is -1.96. The van der Waals surface area contributed by atoms with Crippen LogP contribution < -0.4 is 9.64 Å². The van der Waals surface area contributed by atoms with E-state index < -0.39 is 11.7 Å². The van der Waals surface area contributed by atoms with Gasteiger partial charge in [-0.2, -0.15) is 13.2 Å². The topological polar surface area (TPSA) is 42.0 Å². The molecule has 0 spiro atoms. The van der Waals surface area contributed by atoms with Crippen molar-refractivity contribution in [3.8, 4) is 5.75 Å². The van der Waals surface area contributed by atoms with E-state index in [4.69, 9.17) is 9.47 Å². The first-order valence-electron chi connectivity index (χ1n) is 7.75. The normalized spacial score (nSPS) is 23.5. The van der Waals surface area contributed by atoms with Crippen molar-refractivity contribution in [3.05, 3.63) is 23.8 Å². The summed E-state index contributed by atoms with van der Waals surface area (Å²) in [5.41, 5.74) is -0.394. The number of para-hydroxylation sites is 1. The predicted octanol–water partition coefficient (Wildman–Crippen LogP) is 2.50. The number of nitrogens with zero attached hydrogens (tertiary/aromatic N) is 2. The monoisotopic (exact) mass is 344 g/mol. The van der Waals surface area contributed by atoms with Gasteiger partial charge in [0.15, 0.2) is 12.5 Å². The van der Waals surface area contributed by atoms with Crippen LogP contribution in [0.2, 0.25) is 0 Å². The number of carbonyl (C=O) groups is 1. The van der Waals surface area contributed by atoms with Crippen LogP contribution >= 0.6 is 0 Å². The summed E-state index contributed by atoms with van der Waals surface area (Å²) in [7, 11) is 1.36. The molecule has 0 radical (unpaired) electrons. The van der Waals surface area contributed by atoms with Gasteiger partial charge in [0.1, 0.15) is 0 Å². The average Bonchev–Trinajstić information content (AvgIpc) is 2.81. The highest BCUT2D eigenvalue weighted by atomic mass is 19.4. The first-order valence-corrected chi connectivity index (χ1v) is 7.75. The van der Waals surface area contributed by atoms with Gasteiger partial charge in [0.05, 0.1) is 11.3 Å². The molecule has 2 heterocycles. The number of piperazine rings is 1. The molecule has 5 nitrogen and oxygen atoms in total. The van der Waals surface area contributed by atoms with Gasteiger partial charge in [-0.1, -0.05) is 6.07 Å². The molecule has 1 aromatic carbocycles. The smallest absolute Gasteiger partial charge is 0.420 e. The van der Waals surface area contributed by atoms with Crippen LogP contribution in [0.25, 0.3) is 0 Å². The third-order valence-corrected chi connectivity index (χ3v) is 4.56. The standard InChI is InChI=1S/C16H19F3N2O3/c1-23-10-24-15-13(16(17,18)19)3-2-4-14(15)21-11-5-6-12(21)8-20(7-11)9-22/h2-4,9,11-12H,5-8,10H2,1H3. The lowest BCUT2D eigenvalue weighted by Crippen LogP contribution is -2.53. The van der Waals surface area contributed by atoms with Gasteiger partial charge < -0.3 is 19.3 Å². The van der Waals surface area contributed by atoms with Crippen molar-refractivity contribution in [3.63, 3.8) is 0 Å². The van der Waals surface area contributed by atoms with Crippen molar-refractivity contribution in [1.29, 1.82) is 0 Å². The van der Waals surface area contributed by atoms with Crippen LogP contribution in [-0.2, 0) is 15.7 Å². The largest absolute Gasteiger partial charge is 0.465 e. The number of alkyl halides is 3. The maximum atomic E-state index is 13.4. The fourth-order valence-corrected chi connectivity index (χ4v) is 3.64. The predicted molar refractivity (Wildman–Crippen MR) is 80.9 cm³/mol. The number of methoxy groups -OCH3 is 1.